The van der Waals surface area contributed by atoms with E-state index in [4.69, 9.17) is 0 Å². The van der Waals surface area contributed by atoms with E-state index in [0.717, 1.165) is 18.4 Å². The summed E-state index contributed by atoms with van der Waals surface area (Å²) < 4.78 is 0. The van der Waals surface area contributed by atoms with E-state index in [0.29, 0.717) is 17.9 Å². The fourth-order valence-corrected chi connectivity index (χ4v) is 1.69. The van der Waals surface area contributed by atoms with E-state index in [1.807, 2.05) is 6.07 Å². The van der Waals surface area contributed by atoms with Crippen molar-refractivity contribution >= 4 is 0 Å². The van der Waals surface area contributed by atoms with Crippen LogP contribution in [0.5, 0.6) is 0 Å². The van der Waals surface area contributed by atoms with Crippen molar-refractivity contribution in [3.8, 4) is 11.5 Å². The molecule has 2 rings (SSSR count). The molecule has 90 valence electrons. The van der Waals surface area contributed by atoms with Crippen LogP contribution >= 0.6 is 0 Å². The molecule has 0 aromatic carbocycles. The van der Waals surface area contributed by atoms with E-state index in [1.54, 1.807) is 12.3 Å². The first-order valence-electron chi connectivity index (χ1n) is 5.69. The van der Waals surface area contributed by atoms with Crippen LogP contribution in [0.25, 0.3) is 11.5 Å². The second kappa shape index (κ2) is 5.49. The predicted octanol–water partition coefficient (Wildman–Crippen LogP) is 1.49. The first-order chi connectivity index (χ1) is 8.33. The van der Waals surface area contributed by atoms with Crippen molar-refractivity contribution < 1.29 is 5.11 Å². The highest BCUT2D eigenvalue weighted by Crippen LogP contribution is 2.26. The van der Waals surface area contributed by atoms with Gasteiger partial charge in [0.05, 0.1) is 6.10 Å². The third-order valence-electron chi connectivity index (χ3n) is 2.59. The number of H-pyrrole nitrogens is 1. The maximum Gasteiger partial charge on any atom is 0.223 e. The molecule has 2 heterocycles. The van der Waals surface area contributed by atoms with Crippen molar-refractivity contribution in [2.24, 2.45) is 0 Å². The average molecular weight is 233 g/mol. The molecule has 6 heteroatoms. The van der Waals surface area contributed by atoms with Crippen molar-refractivity contribution in [2.75, 3.05) is 0 Å². The number of aliphatic hydroxyl groups is 1. The van der Waals surface area contributed by atoms with E-state index in [-0.39, 0.29) is 0 Å². The smallest absolute Gasteiger partial charge is 0.223 e. The molecule has 2 aromatic rings. The second-order valence-corrected chi connectivity index (χ2v) is 3.83. The highest BCUT2D eigenvalue weighted by atomic mass is 16.3. The number of tetrazole rings is 1. The summed E-state index contributed by atoms with van der Waals surface area (Å²) in [6.07, 6.45) is 3.86. The molecule has 2 N–H and O–H groups in total. The number of nitrogens with zero attached hydrogens (tertiary/aromatic N) is 4. The van der Waals surface area contributed by atoms with E-state index in [9.17, 15) is 5.11 Å². The molecule has 1 atom stereocenters. The summed E-state index contributed by atoms with van der Waals surface area (Å²) >= 11 is 0. The first-order valence-corrected chi connectivity index (χ1v) is 5.69. The molecule has 17 heavy (non-hydrogen) atoms. The molecule has 2 aromatic heterocycles. The Hall–Kier alpha value is -1.82. The molecular weight excluding hydrogens is 218 g/mol. The maximum absolute atomic E-state index is 10.1. The lowest BCUT2D eigenvalue weighted by molar-refractivity contribution is 0.164. The van der Waals surface area contributed by atoms with Gasteiger partial charge in [-0.25, -0.2) is 0 Å². The van der Waals surface area contributed by atoms with Crippen molar-refractivity contribution in [2.45, 2.75) is 32.3 Å². The summed E-state index contributed by atoms with van der Waals surface area (Å²) in [5.41, 5.74) is 1.34. The first kappa shape index (κ1) is 11.7. The Morgan fingerprint density at radius 3 is 3.06 bits per heavy atom. The molecule has 0 aliphatic heterocycles. The molecule has 0 aliphatic rings. The lowest BCUT2D eigenvalue weighted by Gasteiger charge is -2.12. The van der Waals surface area contributed by atoms with Crippen molar-refractivity contribution in [1.82, 2.24) is 25.6 Å². The van der Waals surface area contributed by atoms with Crippen molar-refractivity contribution in [3.63, 3.8) is 0 Å². The van der Waals surface area contributed by atoms with Crippen LogP contribution in [-0.2, 0) is 0 Å². The minimum Gasteiger partial charge on any atom is -0.388 e. The number of pyridine rings is 1. The van der Waals surface area contributed by atoms with Gasteiger partial charge in [0.25, 0.3) is 0 Å². The second-order valence-electron chi connectivity index (χ2n) is 3.83. The van der Waals surface area contributed by atoms with Gasteiger partial charge in [-0.05, 0) is 17.7 Å². The highest BCUT2D eigenvalue weighted by Gasteiger charge is 2.16. The van der Waals surface area contributed by atoms with Gasteiger partial charge in [0.15, 0.2) is 0 Å². The van der Waals surface area contributed by atoms with Gasteiger partial charge in [-0.2, -0.15) is 5.21 Å². The number of hydrogen-bond donors (Lipinski definition) is 2. The molecule has 1 unspecified atom stereocenters. The van der Waals surface area contributed by atoms with E-state index in [2.05, 4.69) is 32.5 Å². The van der Waals surface area contributed by atoms with E-state index < -0.39 is 6.10 Å². The van der Waals surface area contributed by atoms with Crippen LogP contribution < -0.4 is 0 Å². The third kappa shape index (κ3) is 2.65. The van der Waals surface area contributed by atoms with Crippen LogP contribution in [0.2, 0.25) is 0 Å². The maximum atomic E-state index is 10.1. The van der Waals surface area contributed by atoms with Crippen LogP contribution in [0.15, 0.2) is 18.3 Å². The quantitative estimate of drug-likeness (QED) is 0.816. The van der Waals surface area contributed by atoms with Crippen LogP contribution in [-0.4, -0.2) is 30.7 Å². The summed E-state index contributed by atoms with van der Waals surface area (Å²) in [6, 6.07) is 3.65. The highest BCUT2D eigenvalue weighted by molar-refractivity contribution is 5.54. The zero-order chi connectivity index (χ0) is 12.1. The van der Waals surface area contributed by atoms with Crippen LogP contribution in [0, 0.1) is 0 Å². The van der Waals surface area contributed by atoms with Crippen LogP contribution in [0.4, 0.5) is 0 Å². The molecular formula is C11H15N5O. The molecule has 0 saturated heterocycles. The Labute approximate surface area is 99.1 Å². The summed E-state index contributed by atoms with van der Waals surface area (Å²) in [5.74, 6) is 0.413. The van der Waals surface area contributed by atoms with Gasteiger partial charge in [0, 0.05) is 11.8 Å². The summed E-state index contributed by atoms with van der Waals surface area (Å²) in [4.78, 5) is 4.21. The molecule has 0 aliphatic carbocycles. The van der Waals surface area contributed by atoms with E-state index in [1.165, 1.54) is 0 Å². The predicted molar refractivity (Wildman–Crippen MR) is 61.9 cm³/mol. The largest absolute Gasteiger partial charge is 0.388 e. The molecule has 0 amide bonds. The zero-order valence-corrected chi connectivity index (χ0v) is 9.67. The van der Waals surface area contributed by atoms with Crippen molar-refractivity contribution in [1.29, 1.82) is 0 Å². The minimum atomic E-state index is -0.530. The number of nitrogens with one attached hydrogen (secondary N) is 1. The lowest BCUT2D eigenvalue weighted by Crippen LogP contribution is -2.02. The number of hydrogen-bond acceptors (Lipinski definition) is 5. The molecule has 6 nitrogen and oxygen atoms in total. The summed E-state index contributed by atoms with van der Waals surface area (Å²) in [7, 11) is 0. The fraction of sp³-hybridized carbons (Fsp3) is 0.455. The third-order valence-corrected chi connectivity index (χ3v) is 2.59. The Balaban J connectivity index is 2.28. The van der Waals surface area contributed by atoms with Gasteiger partial charge in [-0.15, -0.1) is 10.2 Å². The molecule has 0 saturated carbocycles. The van der Waals surface area contributed by atoms with Crippen molar-refractivity contribution in [3.05, 3.63) is 23.9 Å². The van der Waals surface area contributed by atoms with Gasteiger partial charge in [-0.1, -0.05) is 25.8 Å². The normalized spacial score (nSPS) is 12.6. The summed E-state index contributed by atoms with van der Waals surface area (Å²) in [5, 5.41) is 23.8. The SMILES string of the molecule is CCCCC(O)c1cccnc1-c1nn[nH]n1. The molecule has 0 radical (unpaired) electrons. The Bertz CT molecular complexity index is 457. The Morgan fingerprint density at radius 2 is 2.35 bits per heavy atom. The van der Waals surface area contributed by atoms with Gasteiger partial charge in [-0.3, -0.25) is 4.98 Å². The number of aromatic nitrogens is 5. The van der Waals surface area contributed by atoms with Crippen LogP contribution in [0.1, 0.15) is 37.9 Å². The van der Waals surface area contributed by atoms with Gasteiger partial charge >= 0.3 is 0 Å². The lowest BCUT2D eigenvalue weighted by atomic mass is 10.0. The molecule has 0 bridgehead atoms. The van der Waals surface area contributed by atoms with Crippen LogP contribution in [0.3, 0.4) is 0 Å². The van der Waals surface area contributed by atoms with Gasteiger partial charge < -0.3 is 5.11 Å². The van der Waals surface area contributed by atoms with Gasteiger partial charge in [0.2, 0.25) is 5.82 Å². The number of rotatable bonds is 5. The topological polar surface area (TPSA) is 87.6 Å². The summed E-state index contributed by atoms with van der Waals surface area (Å²) in [6.45, 7) is 2.09. The van der Waals surface area contributed by atoms with E-state index >= 15 is 0 Å². The molecule has 0 fully saturated rings. The Kier molecular flexibility index (Phi) is 3.77. The Morgan fingerprint density at radius 1 is 1.47 bits per heavy atom. The van der Waals surface area contributed by atoms with Gasteiger partial charge in [0.1, 0.15) is 5.69 Å². The number of unbranched alkanes of at least 4 members (excludes halogenated alkanes) is 1. The number of aliphatic hydroxyl groups excluding tert-OH is 1. The average Bonchev–Trinajstić information content (AvgIpc) is 2.89. The monoisotopic (exact) mass is 233 g/mol. The molecule has 0 spiro atoms. The zero-order valence-electron chi connectivity index (χ0n) is 9.67. The fourth-order valence-electron chi connectivity index (χ4n) is 1.69. The number of aromatic amines is 1. The standard InChI is InChI=1S/C11H15N5O/c1-2-3-6-9(17)8-5-4-7-12-10(8)11-13-15-16-14-11/h4-5,7,9,17H,2-3,6H2,1H3,(H,13,14,15,16). The minimum absolute atomic E-state index is 0.413.